The molecule has 0 saturated carbocycles. The molecule has 0 bridgehead atoms. The smallest absolute Gasteiger partial charge is 0.272 e. The molecule has 0 aliphatic heterocycles. The number of nitro groups is 1. The number of aliphatic hydroxyl groups excluding tert-OH is 1. The maximum atomic E-state index is 10.5. The van der Waals surface area contributed by atoms with E-state index in [9.17, 15) is 10.1 Å². The third-order valence-corrected chi connectivity index (χ3v) is 1.79. The van der Waals surface area contributed by atoms with Gasteiger partial charge in [0, 0.05) is 99.8 Å². The van der Waals surface area contributed by atoms with Crippen LogP contribution in [0.25, 0.3) is 5.73 Å². The van der Waals surface area contributed by atoms with Crippen molar-refractivity contribution in [3.63, 3.8) is 0 Å². The molecule has 5 nitrogen and oxygen atoms in total. The van der Waals surface area contributed by atoms with Gasteiger partial charge in [-0.25, -0.2) is 0 Å². The molecule has 1 aromatic rings. The van der Waals surface area contributed by atoms with E-state index < -0.39 is 4.92 Å². The largest absolute Gasteiger partial charge is 0.698 e. The van der Waals surface area contributed by atoms with Crippen LogP contribution in [0, 0.1) is 105 Å². The number of nitro benzene ring substituents is 1. The van der Waals surface area contributed by atoms with E-state index in [1.165, 1.54) is 12.1 Å². The van der Waals surface area contributed by atoms with E-state index >= 15 is 0 Å². The Morgan fingerprint density at radius 3 is 2.40 bits per heavy atom. The second kappa shape index (κ2) is 8.37. The summed E-state index contributed by atoms with van der Waals surface area (Å²) in [6.45, 7) is 1.22. The number of nitrogens with zero attached hydrogens (tertiary/aromatic N) is 1. The number of benzene rings is 1. The first-order chi connectivity index (χ1) is 6.06. The van der Waals surface area contributed by atoms with Gasteiger partial charge in [-0.1, -0.05) is 6.07 Å². The summed E-state index contributed by atoms with van der Waals surface area (Å²) in [5, 5.41) is 19.2. The van der Waals surface area contributed by atoms with Gasteiger partial charge in [-0.2, -0.15) is 0 Å². The fourth-order valence-electron chi connectivity index (χ4n) is 1.07. The number of aliphatic hydroxyl groups is 1. The summed E-state index contributed by atoms with van der Waals surface area (Å²) in [6, 6.07) is 2.61. The molecule has 0 amide bonds. The van der Waals surface area contributed by atoms with Crippen LogP contribution < -0.4 is 0 Å². The number of hydrogen-bond acceptors (Lipinski definition) is 3. The van der Waals surface area contributed by atoms with Gasteiger partial charge in [0.15, 0.2) is 0 Å². The predicted molar refractivity (Wildman–Crippen MR) is 47.7 cm³/mol. The number of aryl methyl sites for hydroxylation is 1. The van der Waals surface area contributed by atoms with E-state index in [2.05, 4.69) is 0 Å². The Bertz CT molecular complexity index is 358. The molecule has 1 rings (SSSR count). The summed E-state index contributed by atoms with van der Waals surface area (Å²) in [7, 11) is 0. The Labute approximate surface area is 159 Å². The van der Waals surface area contributed by atoms with E-state index in [1.807, 2.05) is 0 Å². The molecule has 2 radical (unpaired) electrons. The molecule has 7 heteroatoms. The third-order valence-electron chi connectivity index (χ3n) is 1.79. The van der Waals surface area contributed by atoms with Crippen molar-refractivity contribution < 1.29 is 98.2 Å². The van der Waals surface area contributed by atoms with Crippen LogP contribution in [-0.2, 0) is 6.61 Å². The fourth-order valence-corrected chi connectivity index (χ4v) is 1.07. The van der Waals surface area contributed by atoms with Gasteiger partial charge in [-0.15, -0.1) is 5.69 Å². The second-order valence-corrected chi connectivity index (χ2v) is 2.71. The van der Waals surface area contributed by atoms with Crippen LogP contribution in [0.3, 0.4) is 0 Å². The van der Waals surface area contributed by atoms with Crippen molar-refractivity contribution in [3.05, 3.63) is 39.1 Å². The molecule has 76 valence electrons. The quantitative estimate of drug-likeness (QED) is 0.399. The molecule has 0 atom stereocenters. The van der Waals surface area contributed by atoms with E-state index in [4.69, 9.17) is 10.8 Å². The van der Waals surface area contributed by atoms with E-state index in [-0.39, 0.29) is 112 Å². The molecule has 0 heterocycles. The van der Waals surface area contributed by atoms with E-state index in [0.717, 1.165) is 0 Å². The number of nitrogens with one attached hydrogen (secondary N) is 1. The summed E-state index contributed by atoms with van der Waals surface area (Å²) in [5.41, 5.74) is 8.15. The van der Waals surface area contributed by atoms with Crippen molar-refractivity contribution in [2.75, 3.05) is 0 Å². The predicted octanol–water partition coefficient (Wildman–Crippen LogP) is 2.08. The van der Waals surface area contributed by atoms with Crippen LogP contribution in [0.1, 0.15) is 11.1 Å². The maximum Gasteiger partial charge on any atom is 0.272 e. The Morgan fingerprint density at radius 1 is 1.47 bits per heavy atom. The molecule has 15 heavy (non-hydrogen) atoms. The molecular formula is C8H9Ac2N2O3-. The normalized spacial score (nSPS) is 8.67. The molecule has 1 aromatic carbocycles. The Kier molecular flexibility index (Phi) is 10.4. The second-order valence-electron chi connectivity index (χ2n) is 2.71. The molecule has 0 aliphatic carbocycles. The van der Waals surface area contributed by atoms with Crippen LogP contribution in [0.15, 0.2) is 12.1 Å². The average molecular weight is 635 g/mol. The van der Waals surface area contributed by atoms with Gasteiger partial charge in [0.2, 0.25) is 0 Å². The van der Waals surface area contributed by atoms with Gasteiger partial charge < -0.3 is 10.8 Å². The molecule has 0 saturated heterocycles. The first-order valence-electron chi connectivity index (χ1n) is 3.66. The molecule has 0 spiro atoms. The Morgan fingerprint density at radius 2 is 2.00 bits per heavy atom. The molecular weight excluding hydrogens is 626 g/mol. The van der Waals surface area contributed by atoms with Crippen molar-refractivity contribution in [3.8, 4) is 0 Å². The molecule has 0 fully saturated rings. The summed E-state index contributed by atoms with van der Waals surface area (Å²) in [5.74, 6) is 0. The van der Waals surface area contributed by atoms with Crippen LogP contribution in [0.2, 0.25) is 0 Å². The van der Waals surface area contributed by atoms with Crippen molar-refractivity contribution in [1.82, 2.24) is 0 Å². The van der Waals surface area contributed by atoms with Gasteiger partial charge in [0.05, 0.1) is 11.5 Å². The van der Waals surface area contributed by atoms with Crippen molar-refractivity contribution in [2.45, 2.75) is 13.5 Å². The van der Waals surface area contributed by atoms with Crippen LogP contribution in [-0.4, -0.2) is 10.0 Å². The summed E-state index contributed by atoms with van der Waals surface area (Å²) in [6.07, 6.45) is 0. The minimum Gasteiger partial charge on any atom is -0.698 e. The fraction of sp³-hybridized carbons (Fsp3) is 0.250. The Balaban J connectivity index is 0. The molecule has 0 aliphatic rings. The minimum atomic E-state index is -0.520. The summed E-state index contributed by atoms with van der Waals surface area (Å²) in [4.78, 5) is 9.94. The van der Waals surface area contributed by atoms with E-state index in [0.29, 0.717) is 5.56 Å². The van der Waals surface area contributed by atoms with Gasteiger partial charge in [0.1, 0.15) is 0 Å². The van der Waals surface area contributed by atoms with Gasteiger partial charge in [0.25, 0.3) is 5.69 Å². The van der Waals surface area contributed by atoms with Crippen molar-refractivity contribution in [1.29, 1.82) is 0 Å². The molecule has 0 unspecified atom stereocenters. The number of hydrogen-bond donors (Lipinski definition) is 1. The SMILES string of the molecule is Cc1cc([NH-])c(CO)cc1[N+](=O)[O-].[Ac].[Ac]. The Hall–Kier alpha value is 1.26. The zero-order valence-corrected chi connectivity index (χ0v) is 17.7. The molecule has 2 N–H and O–H groups in total. The van der Waals surface area contributed by atoms with Crippen LogP contribution >= 0.6 is 0 Å². The average Bonchev–Trinajstić information content (AvgIpc) is 2.03. The summed E-state index contributed by atoms with van der Waals surface area (Å²) >= 11 is 0. The summed E-state index contributed by atoms with van der Waals surface area (Å²) < 4.78 is 0. The van der Waals surface area contributed by atoms with Crippen LogP contribution in [0.5, 0.6) is 0 Å². The van der Waals surface area contributed by atoms with Crippen molar-refractivity contribution >= 4 is 11.4 Å². The maximum absolute atomic E-state index is 10.5. The first-order valence-corrected chi connectivity index (χ1v) is 3.66. The van der Waals surface area contributed by atoms with Crippen LogP contribution in [0.4, 0.5) is 11.4 Å². The first kappa shape index (κ1) is 18.6. The van der Waals surface area contributed by atoms with E-state index in [1.54, 1.807) is 6.92 Å². The monoisotopic (exact) mass is 635 g/mol. The van der Waals surface area contributed by atoms with Gasteiger partial charge >= 0.3 is 0 Å². The minimum absolute atomic E-state index is 0. The standard InChI is InChI=1S/C8H9N2O3.2Ac/c1-5-2-7(9)6(4-11)3-8(5)10(12)13;;/h2-3,9,11H,4H2,1H3;;/q-1;;. The topological polar surface area (TPSA) is 87.2 Å². The third kappa shape index (κ3) is 4.96. The van der Waals surface area contributed by atoms with Crippen molar-refractivity contribution in [2.24, 2.45) is 0 Å². The zero-order chi connectivity index (χ0) is 10.0. The zero-order valence-electron chi connectivity index (χ0n) is 8.23. The van der Waals surface area contributed by atoms with Gasteiger partial charge in [-0.05, 0) is 12.5 Å². The van der Waals surface area contributed by atoms with Gasteiger partial charge in [-0.3, -0.25) is 10.1 Å². The molecule has 0 aromatic heterocycles. The number of rotatable bonds is 2.